The van der Waals surface area contributed by atoms with Crippen molar-refractivity contribution < 1.29 is 14.3 Å². The minimum Gasteiger partial charge on any atom is -0.469 e. The summed E-state index contributed by atoms with van der Waals surface area (Å²) in [6.45, 7) is 8.66. The van der Waals surface area contributed by atoms with Crippen LogP contribution in [0.25, 0.3) is 0 Å². The number of esters is 1. The van der Waals surface area contributed by atoms with Gasteiger partial charge >= 0.3 is 5.97 Å². The molecule has 3 saturated carbocycles. The molecular weight excluding hydrogens is 410 g/mol. The fraction of sp³-hybridized carbons (Fsp3) is 0.931. The van der Waals surface area contributed by atoms with E-state index in [2.05, 4.69) is 25.7 Å². The van der Waals surface area contributed by atoms with Gasteiger partial charge in [-0.2, -0.15) is 0 Å². The second-order valence-electron chi connectivity index (χ2n) is 13.1. The molecule has 0 bridgehead atoms. The molecule has 186 valence electrons. The number of nitrogens with zero attached hydrogens (tertiary/aromatic N) is 1. The minimum atomic E-state index is -0.0575. The van der Waals surface area contributed by atoms with Crippen molar-refractivity contribution in [2.24, 2.45) is 40.4 Å². The minimum absolute atomic E-state index is 0.0575. The summed E-state index contributed by atoms with van der Waals surface area (Å²) in [5.74, 6) is 4.33. The molecule has 0 N–H and O–H groups in total. The second-order valence-corrected chi connectivity index (χ2v) is 13.1. The smallest absolute Gasteiger partial charge is 0.305 e. The van der Waals surface area contributed by atoms with Crippen LogP contribution in [-0.4, -0.2) is 36.0 Å². The normalized spacial score (nSPS) is 47.1. The van der Waals surface area contributed by atoms with E-state index in [4.69, 9.17) is 4.74 Å². The van der Waals surface area contributed by atoms with Gasteiger partial charge < -0.3 is 9.64 Å². The van der Waals surface area contributed by atoms with Crippen LogP contribution in [0.2, 0.25) is 0 Å². The van der Waals surface area contributed by atoms with E-state index in [1.807, 2.05) is 0 Å². The Kier molecular flexibility index (Phi) is 6.14. The van der Waals surface area contributed by atoms with E-state index >= 15 is 0 Å². The number of rotatable bonds is 4. The zero-order valence-electron chi connectivity index (χ0n) is 21.7. The zero-order valence-corrected chi connectivity index (χ0v) is 21.7. The Bertz CT molecular complexity index is 781. The van der Waals surface area contributed by atoms with Crippen molar-refractivity contribution in [3.63, 3.8) is 0 Å². The van der Waals surface area contributed by atoms with E-state index in [9.17, 15) is 9.59 Å². The van der Waals surface area contributed by atoms with E-state index in [0.29, 0.717) is 17.7 Å². The Balaban J connectivity index is 1.38. The Hall–Kier alpha value is -1.06. The number of carbonyl (C=O) groups excluding carboxylic acids is 2. The molecule has 1 amide bonds. The Morgan fingerprint density at radius 1 is 1.06 bits per heavy atom. The van der Waals surface area contributed by atoms with Crippen LogP contribution >= 0.6 is 0 Å². The van der Waals surface area contributed by atoms with Crippen LogP contribution < -0.4 is 0 Å². The summed E-state index contributed by atoms with van der Waals surface area (Å²) < 4.78 is 4.88. The first-order valence-corrected chi connectivity index (χ1v) is 14.1. The van der Waals surface area contributed by atoms with Crippen LogP contribution in [0.4, 0.5) is 0 Å². The Morgan fingerprint density at radius 3 is 2.67 bits per heavy atom. The molecule has 5 rings (SSSR count). The van der Waals surface area contributed by atoms with Crippen molar-refractivity contribution in [1.82, 2.24) is 4.90 Å². The van der Waals surface area contributed by atoms with Crippen molar-refractivity contribution in [3.05, 3.63) is 0 Å². The number of hydrogen-bond donors (Lipinski definition) is 0. The van der Waals surface area contributed by atoms with E-state index < -0.39 is 0 Å². The largest absolute Gasteiger partial charge is 0.469 e. The lowest BCUT2D eigenvalue weighted by molar-refractivity contribution is -0.192. The average molecular weight is 458 g/mol. The van der Waals surface area contributed by atoms with E-state index in [1.54, 1.807) is 0 Å². The number of ether oxygens (including phenoxy) is 1. The summed E-state index contributed by atoms with van der Waals surface area (Å²) in [6.07, 6.45) is 16.3. The maximum Gasteiger partial charge on any atom is 0.305 e. The van der Waals surface area contributed by atoms with Gasteiger partial charge in [-0.15, -0.1) is 0 Å². The van der Waals surface area contributed by atoms with Crippen LogP contribution in [0.3, 0.4) is 0 Å². The van der Waals surface area contributed by atoms with Crippen molar-refractivity contribution >= 4 is 11.9 Å². The number of fused-ring (bicyclic) bond motifs is 4. The molecule has 0 aromatic heterocycles. The van der Waals surface area contributed by atoms with Gasteiger partial charge in [0.1, 0.15) is 0 Å². The summed E-state index contributed by atoms with van der Waals surface area (Å²) in [4.78, 5) is 27.2. The first-order valence-electron chi connectivity index (χ1n) is 14.1. The molecule has 0 radical (unpaired) electrons. The van der Waals surface area contributed by atoms with E-state index in [1.165, 1.54) is 71.3 Å². The fourth-order valence-electron chi connectivity index (χ4n) is 10.4. The molecule has 8 atom stereocenters. The summed E-state index contributed by atoms with van der Waals surface area (Å²) in [7, 11) is 1.50. The van der Waals surface area contributed by atoms with Gasteiger partial charge in [-0.05, 0) is 117 Å². The molecule has 0 aromatic rings. The molecule has 5 fully saturated rings. The molecule has 4 heteroatoms. The van der Waals surface area contributed by atoms with Gasteiger partial charge in [0.15, 0.2) is 0 Å². The second kappa shape index (κ2) is 8.55. The lowest BCUT2D eigenvalue weighted by atomic mass is 9.42. The highest BCUT2D eigenvalue weighted by Crippen LogP contribution is 2.70. The van der Waals surface area contributed by atoms with Crippen LogP contribution in [0.15, 0.2) is 0 Å². The van der Waals surface area contributed by atoms with Gasteiger partial charge in [0.05, 0.1) is 7.11 Å². The number of carbonyl (C=O) groups is 2. The monoisotopic (exact) mass is 457 g/mol. The van der Waals surface area contributed by atoms with Gasteiger partial charge in [-0.25, -0.2) is 0 Å². The SMILES string of the molecule is COC(=O)CCCC1CCC2C3CCC45CC(C)CCCN4C(=O)CC[C@]5(C)C3CCC12C. The molecule has 2 heterocycles. The van der Waals surface area contributed by atoms with Crippen molar-refractivity contribution in [2.45, 2.75) is 116 Å². The third-order valence-electron chi connectivity index (χ3n) is 12.0. The average Bonchev–Trinajstić information content (AvgIpc) is 3.01. The predicted molar refractivity (Wildman–Crippen MR) is 130 cm³/mol. The number of methoxy groups -OCH3 is 1. The maximum absolute atomic E-state index is 13.2. The first-order chi connectivity index (χ1) is 15.7. The highest BCUT2D eigenvalue weighted by atomic mass is 16.5. The third kappa shape index (κ3) is 3.51. The molecule has 5 aliphatic rings. The van der Waals surface area contributed by atoms with Crippen LogP contribution in [0.1, 0.15) is 111 Å². The van der Waals surface area contributed by atoms with E-state index in [-0.39, 0.29) is 16.9 Å². The van der Waals surface area contributed by atoms with Crippen LogP contribution in [0, 0.1) is 40.4 Å². The summed E-state index contributed by atoms with van der Waals surface area (Å²) in [5.41, 5.74) is 0.845. The first kappa shape index (κ1) is 23.7. The lowest BCUT2D eigenvalue weighted by Gasteiger charge is -2.68. The molecule has 7 unspecified atom stereocenters. The zero-order chi connectivity index (χ0) is 23.4. The molecule has 3 aliphatic carbocycles. The Labute approximate surface area is 201 Å². The maximum atomic E-state index is 13.2. The molecule has 4 nitrogen and oxygen atoms in total. The summed E-state index contributed by atoms with van der Waals surface area (Å²) in [6, 6.07) is 0. The highest BCUT2D eigenvalue weighted by molar-refractivity contribution is 5.78. The predicted octanol–water partition coefficient (Wildman–Crippen LogP) is 6.37. The Morgan fingerprint density at radius 2 is 1.88 bits per heavy atom. The number of piperidine rings is 1. The van der Waals surface area contributed by atoms with Gasteiger partial charge in [-0.1, -0.05) is 20.8 Å². The van der Waals surface area contributed by atoms with Crippen LogP contribution in [-0.2, 0) is 14.3 Å². The van der Waals surface area contributed by atoms with Gasteiger partial charge in [0.25, 0.3) is 0 Å². The molecule has 0 aromatic carbocycles. The number of hydrogen-bond acceptors (Lipinski definition) is 3. The van der Waals surface area contributed by atoms with Crippen molar-refractivity contribution in [2.75, 3.05) is 13.7 Å². The molecule has 33 heavy (non-hydrogen) atoms. The summed E-state index contributed by atoms with van der Waals surface area (Å²) in [5, 5.41) is 0. The highest BCUT2D eigenvalue weighted by Gasteiger charge is 2.66. The van der Waals surface area contributed by atoms with Gasteiger partial charge in [-0.3, -0.25) is 9.59 Å². The van der Waals surface area contributed by atoms with Gasteiger partial charge in [0, 0.05) is 24.9 Å². The topological polar surface area (TPSA) is 46.6 Å². The standard InChI is InChI=1S/C29H47NO3/c1-20-7-6-18-30-25(31)14-16-28(3)24-13-15-27(2)21(8-5-9-26(32)33-4)10-11-23(27)22(24)12-17-29(28,30)19-20/h20-24H,5-19H2,1-4H3/t20?,21?,22?,23?,24?,27?,28-,29?/m1/s1. The number of amides is 1. The quantitative estimate of drug-likeness (QED) is 0.461. The molecule has 1 spiro atoms. The fourth-order valence-corrected chi connectivity index (χ4v) is 10.4. The molecular formula is C29H47NO3. The van der Waals surface area contributed by atoms with Crippen molar-refractivity contribution in [3.8, 4) is 0 Å². The summed E-state index contributed by atoms with van der Waals surface area (Å²) >= 11 is 0. The molecule has 2 aliphatic heterocycles. The van der Waals surface area contributed by atoms with E-state index in [0.717, 1.165) is 55.4 Å². The van der Waals surface area contributed by atoms with Gasteiger partial charge in [0.2, 0.25) is 5.91 Å². The lowest BCUT2D eigenvalue weighted by Crippen LogP contribution is -2.70. The van der Waals surface area contributed by atoms with Crippen molar-refractivity contribution in [1.29, 1.82) is 0 Å². The third-order valence-corrected chi connectivity index (χ3v) is 12.0. The van der Waals surface area contributed by atoms with Crippen LogP contribution in [0.5, 0.6) is 0 Å². The molecule has 2 saturated heterocycles.